The van der Waals surface area contributed by atoms with Gasteiger partial charge in [0.25, 0.3) is 0 Å². The molecule has 0 aliphatic carbocycles. The van der Waals surface area contributed by atoms with Gasteiger partial charge in [-0.15, -0.1) is 0 Å². The number of ketones is 1. The Kier molecular flexibility index (Phi) is 9.30. The molecule has 4 rings (SSSR count). The summed E-state index contributed by atoms with van der Waals surface area (Å²) in [5.74, 6) is 0.910. The highest BCUT2D eigenvalue weighted by Crippen LogP contribution is 2.33. The standard InChI is InChI=1S/C31H36F3N7O/c1-7-25-18-29(36-19-35-25)41-30(12-21(3)38-41)37-27-13-22(9-8-20(27)2)14-28(42)23-15-24(31(32,33)34)17-26(16-23)40(6)11-10-39(4)5/h8-9,12-13,15-19,37H,7,10-11,14H2,1-6H3. The van der Waals surface area contributed by atoms with Gasteiger partial charge in [-0.25, -0.2) is 9.97 Å². The number of rotatable bonds is 11. The highest BCUT2D eigenvalue weighted by molar-refractivity contribution is 5.98. The van der Waals surface area contributed by atoms with Crippen molar-refractivity contribution in [3.8, 4) is 5.82 Å². The van der Waals surface area contributed by atoms with Crippen LogP contribution in [0.25, 0.3) is 5.82 Å². The van der Waals surface area contributed by atoms with E-state index in [1.807, 2.05) is 70.1 Å². The van der Waals surface area contributed by atoms with Crippen LogP contribution in [0.15, 0.2) is 54.9 Å². The summed E-state index contributed by atoms with van der Waals surface area (Å²) in [5.41, 5.74) is 3.55. The van der Waals surface area contributed by atoms with E-state index in [4.69, 9.17) is 0 Å². The number of aryl methyl sites for hydroxylation is 3. The number of hydrogen-bond acceptors (Lipinski definition) is 7. The fourth-order valence-electron chi connectivity index (χ4n) is 4.43. The fraction of sp³-hybridized carbons (Fsp3) is 0.355. The van der Waals surface area contributed by atoms with E-state index < -0.39 is 17.5 Å². The van der Waals surface area contributed by atoms with E-state index in [0.717, 1.165) is 41.2 Å². The van der Waals surface area contributed by atoms with Crippen LogP contribution in [-0.4, -0.2) is 64.7 Å². The number of likely N-dealkylation sites (N-methyl/N-ethyl adjacent to an activating group) is 2. The zero-order valence-electron chi connectivity index (χ0n) is 24.8. The maximum atomic E-state index is 13.8. The molecule has 1 N–H and O–H groups in total. The topological polar surface area (TPSA) is 79.2 Å². The number of aromatic nitrogens is 4. The molecule has 0 saturated heterocycles. The molecule has 0 bridgehead atoms. The molecule has 0 unspecified atom stereocenters. The number of anilines is 3. The van der Waals surface area contributed by atoms with Gasteiger partial charge >= 0.3 is 6.18 Å². The zero-order valence-corrected chi connectivity index (χ0v) is 24.8. The van der Waals surface area contributed by atoms with Gasteiger partial charge in [0.1, 0.15) is 12.1 Å². The molecule has 2 heterocycles. The molecule has 8 nitrogen and oxygen atoms in total. The second-order valence-corrected chi connectivity index (χ2v) is 10.7. The summed E-state index contributed by atoms with van der Waals surface area (Å²) in [5, 5.41) is 7.97. The summed E-state index contributed by atoms with van der Waals surface area (Å²) in [6.45, 7) is 7.00. The van der Waals surface area contributed by atoms with Crippen LogP contribution in [0.5, 0.6) is 0 Å². The lowest BCUT2D eigenvalue weighted by molar-refractivity contribution is -0.137. The van der Waals surface area contributed by atoms with Crippen LogP contribution in [0.2, 0.25) is 0 Å². The maximum absolute atomic E-state index is 13.8. The lowest BCUT2D eigenvalue weighted by Crippen LogP contribution is -2.28. The second kappa shape index (κ2) is 12.7. The number of hydrogen-bond donors (Lipinski definition) is 1. The first-order valence-electron chi connectivity index (χ1n) is 13.7. The van der Waals surface area contributed by atoms with Gasteiger partial charge in [0.2, 0.25) is 0 Å². The van der Waals surface area contributed by atoms with Crippen LogP contribution in [0.3, 0.4) is 0 Å². The monoisotopic (exact) mass is 579 g/mol. The molecule has 0 radical (unpaired) electrons. The van der Waals surface area contributed by atoms with Gasteiger partial charge in [-0.3, -0.25) is 4.79 Å². The van der Waals surface area contributed by atoms with Crippen molar-refractivity contribution < 1.29 is 18.0 Å². The van der Waals surface area contributed by atoms with E-state index in [2.05, 4.69) is 20.4 Å². The third-order valence-electron chi connectivity index (χ3n) is 6.94. The first-order chi connectivity index (χ1) is 19.8. The summed E-state index contributed by atoms with van der Waals surface area (Å²) in [6, 6.07) is 12.9. The van der Waals surface area contributed by atoms with Crippen molar-refractivity contribution >= 4 is 23.0 Å². The van der Waals surface area contributed by atoms with Crippen LogP contribution >= 0.6 is 0 Å². The number of carbonyl (C=O) groups excluding carboxylic acids is 1. The Morgan fingerprint density at radius 1 is 0.976 bits per heavy atom. The quantitative estimate of drug-likeness (QED) is 0.218. The Hall–Kier alpha value is -4.25. The minimum atomic E-state index is -4.57. The number of halogens is 3. The van der Waals surface area contributed by atoms with Gasteiger partial charge in [0.15, 0.2) is 11.6 Å². The smallest absolute Gasteiger partial charge is 0.373 e. The molecule has 2 aromatic carbocycles. The summed E-state index contributed by atoms with van der Waals surface area (Å²) >= 11 is 0. The molecule has 0 fully saturated rings. The normalized spacial score (nSPS) is 11.7. The third-order valence-corrected chi connectivity index (χ3v) is 6.94. The molecular weight excluding hydrogens is 543 g/mol. The highest BCUT2D eigenvalue weighted by Gasteiger charge is 2.32. The zero-order chi connectivity index (χ0) is 30.6. The van der Waals surface area contributed by atoms with Crippen molar-refractivity contribution in [2.45, 2.75) is 39.8 Å². The Balaban J connectivity index is 1.60. The Bertz CT molecular complexity index is 1560. The van der Waals surface area contributed by atoms with Crippen LogP contribution in [0.1, 0.15) is 45.4 Å². The molecule has 42 heavy (non-hydrogen) atoms. The first-order valence-corrected chi connectivity index (χ1v) is 13.7. The molecule has 4 aromatic rings. The summed E-state index contributed by atoms with van der Waals surface area (Å²) in [6.07, 6.45) is -2.36. The average molecular weight is 580 g/mol. The van der Waals surface area contributed by atoms with E-state index in [1.165, 1.54) is 12.4 Å². The predicted octanol–water partition coefficient (Wildman–Crippen LogP) is 6.03. The van der Waals surface area contributed by atoms with Crippen molar-refractivity contribution in [2.75, 3.05) is 44.4 Å². The van der Waals surface area contributed by atoms with Crippen LogP contribution in [-0.2, 0) is 19.0 Å². The Morgan fingerprint density at radius 3 is 2.43 bits per heavy atom. The minimum Gasteiger partial charge on any atom is -0.373 e. The largest absolute Gasteiger partial charge is 0.416 e. The molecule has 0 atom stereocenters. The number of nitrogens with one attached hydrogen (secondary N) is 1. The van der Waals surface area contributed by atoms with Gasteiger partial charge in [0.05, 0.1) is 11.3 Å². The number of Topliss-reactive ketones (excluding diaryl/α,β-unsaturated/α-hetero) is 1. The summed E-state index contributed by atoms with van der Waals surface area (Å²) < 4.78 is 43.0. The molecule has 2 aromatic heterocycles. The molecule has 0 spiro atoms. The van der Waals surface area contributed by atoms with Crippen molar-refractivity contribution in [2.24, 2.45) is 0 Å². The number of carbonyl (C=O) groups is 1. The average Bonchev–Trinajstić information content (AvgIpc) is 3.32. The molecule has 222 valence electrons. The van der Waals surface area contributed by atoms with E-state index in [1.54, 1.807) is 16.6 Å². The Labute approximate surface area is 244 Å². The molecule has 0 amide bonds. The molecular formula is C31H36F3N7O. The van der Waals surface area contributed by atoms with Crippen molar-refractivity contribution in [3.63, 3.8) is 0 Å². The lowest BCUT2D eigenvalue weighted by Gasteiger charge is -2.23. The fourth-order valence-corrected chi connectivity index (χ4v) is 4.43. The van der Waals surface area contributed by atoms with Crippen LogP contribution in [0, 0.1) is 13.8 Å². The van der Waals surface area contributed by atoms with Gasteiger partial charge in [0, 0.05) is 61.3 Å². The number of alkyl halides is 3. The van der Waals surface area contributed by atoms with E-state index in [-0.39, 0.29) is 12.0 Å². The van der Waals surface area contributed by atoms with Crippen LogP contribution in [0.4, 0.5) is 30.4 Å². The van der Waals surface area contributed by atoms with Gasteiger partial charge < -0.3 is 15.1 Å². The highest BCUT2D eigenvalue weighted by atomic mass is 19.4. The van der Waals surface area contributed by atoms with E-state index in [0.29, 0.717) is 36.0 Å². The molecule has 0 aliphatic rings. The first kappa shape index (κ1) is 30.7. The number of nitrogens with zero attached hydrogens (tertiary/aromatic N) is 6. The van der Waals surface area contributed by atoms with Crippen molar-refractivity contribution in [1.82, 2.24) is 24.6 Å². The SMILES string of the molecule is CCc1cc(-n2nc(C)cc2Nc2cc(CC(=O)c3cc(N(C)CCN(C)C)cc(C(F)(F)F)c3)ccc2C)ncn1. The van der Waals surface area contributed by atoms with Crippen molar-refractivity contribution in [3.05, 3.63) is 88.5 Å². The number of benzene rings is 2. The van der Waals surface area contributed by atoms with Gasteiger partial charge in [-0.05, 0) is 69.8 Å². The van der Waals surface area contributed by atoms with Crippen molar-refractivity contribution in [1.29, 1.82) is 0 Å². The van der Waals surface area contributed by atoms with Crippen LogP contribution < -0.4 is 10.2 Å². The minimum absolute atomic E-state index is 0.0239. The molecule has 0 saturated carbocycles. The van der Waals surface area contributed by atoms with E-state index >= 15 is 0 Å². The van der Waals surface area contributed by atoms with Gasteiger partial charge in [-0.2, -0.15) is 23.0 Å². The van der Waals surface area contributed by atoms with E-state index in [9.17, 15) is 18.0 Å². The molecule has 0 aliphatic heterocycles. The summed E-state index contributed by atoms with van der Waals surface area (Å²) in [4.78, 5) is 25.7. The molecule has 11 heteroatoms. The predicted molar refractivity (Wildman–Crippen MR) is 159 cm³/mol. The second-order valence-electron chi connectivity index (χ2n) is 10.7. The Morgan fingerprint density at radius 2 is 1.74 bits per heavy atom. The summed E-state index contributed by atoms with van der Waals surface area (Å²) in [7, 11) is 5.52. The van der Waals surface area contributed by atoms with Gasteiger partial charge in [-0.1, -0.05) is 19.1 Å². The third kappa shape index (κ3) is 7.52. The maximum Gasteiger partial charge on any atom is 0.416 e. The lowest BCUT2D eigenvalue weighted by atomic mass is 9.98.